The Balaban J connectivity index is 1.38. The average molecular weight is 1230 g/mol. The van der Waals surface area contributed by atoms with Gasteiger partial charge in [0.05, 0.1) is 32.1 Å². The summed E-state index contributed by atoms with van der Waals surface area (Å²) in [5, 5.41) is 0. The van der Waals surface area contributed by atoms with E-state index in [-0.39, 0.29) is 148 Å². The monoisotopic (exact) mass is 1230 g/mol. The number of nitrogens with zero attached hydrogens (tertiary/aromatic N) is 8. The second kappa shape index (κ2) is 28.5. The molecule has 5 aliphatic heterocycles. The average Bonchev–Trinajstić information content (AvgIpc) is 2.80. The van der Waals surface area contributed by atoms with E-state index in [1.807, 2.05) is 0 Å². The number of hydrogen-bond acceptors (Lipinski definition) is 18. The third-order valence-corrected chi connectivity index (χ3v) is 22.5. The standard InChI is InChI=1S/C69H128N8O10/c1-60(2)40-50(41-61(3,4)70(60)21)83-55(78)26-31-75(32-27-56(79)84-51-42-62(5,6)71(22)63(7,8)43-51)36-38-77(35-30-59(82)87-54-48-68(17,18)74(25)69(19,20)49-54)39-37-76(33-28-57(80)85-52-44-64(9,10)72(23)65(11,12)45-52)34-29-58(81)86-53-46-66(13,14)73(24)67(15,16)47-53/h50-54H,26-49H2,1-25H3. The molecular weight excluding hydrogens is 1100 g/mol. The van der Waals surface area contributed by atoms with Crippen molar-refractivity contribution >= 4 is 29.8 Å². The van der Waals surface area contributed by atoms with Crippen LogP contribution in [0.4, 0.5) is 0 Å². The van der Waals surface area contributed by atoms with Crippen LogP contribution >= 0.6 is 0 Å². The first-order valence-corrected chi connectivity index (χ1v) is 33.4. The van der Waals surface area contributed by atoms with Crippen molar-refractivity contribution < 1.29 is 47.7 Å². The van der Waals surface area contributed by atoms with Crippen LogP contribution < -0.4 is 0 Å². The van der Waals surface area contributed by atoms with Crippen molar-refractivity contribution in [2.75, 3.05) is 94.1 Å². The highest BCUT2D eigenvalue weighted by Crippen LogP contribution is 2.43. The van der Waals surface area contributed by atoms with Crippen molar-refractivity contribution in [3.63, 3.8) is 0 Å². The Kier molecular flexibility index (Phi) is 24.5. The fourth-order valence-corrected chi connectivity index (χ4v) is 15.9. The van der Waals surface area contributed by atoms with Gasteiger partial charge in [0.2, 0.25) is 0 Å². The maximum atomic E-state index is 14.1. The summed E-state index contributed by atoms with van der Waals surface area (Å²) >= 11 is 0. The van der Waals surface area contributed by atoms with Gasteiger partial charge in [0.1, 0.15) is 30.5 Å². The number of carbonyl (C=O) groups is 5. The van der Waals surface area contributed by atoms with Crippen LogP contribution in [0.5, 0.6) is 0 Å². The molecule has 87 heavy (non-hydrogen) atoms. The van der Waals surface area contributed by atoms with Crippen LogP contribution in [0.2, 0.25) is 0 Å². The summed E-state index contributed by atoms with van der Waals surface area (Å²) in [6, 6.07) is 0. The van der Waals surface area contributed by atoms with Crippen LogP contribution in [0.1, 0.15) is 235 Å². The van der Waals surface area contributed by atoms with E-state index in [1.54, 1.807) is 0 Å². The molecule has 18 heteroatoms. The number of piperidine rings is 5. The smallest absolute Gasteiger partial charge is 0.307 e. The van der Waals surface area contributed by atoms with Gasteiger partial charge >= 0.3 is 29.8 Å². The molecule has 0 radical (unpaired) electrons. The molecule has 5 rings (SSSR count). The molecule has 0 aromatic heterocycles. The quantitative estimate of drug-likeness (QED) is 0.0595. The molecule has 0 unspecified atom stereocenters. The van der Waals surface area contributed by atoms with E-state index in [2.05, 4.69) is 213 Å². The van der Waals surface area contributed by atoms with Gasteiger partial charge in [-0.25, -0.2) is 0 Å². The molecule has 5 fully saturated rings. The van der Waals surface area contributed by atoms with Gasteiger partial charge in [0, 0.05) is 179 Å². The number of likely N-dealkylation sites (tertiary alicyclic amines) is 5. The molecule has 5 saturated heterocycles. The molecule has 18 nitrogen and oxygen atoms in total. The van der Waals surface area contributed by atoms with Crippen LogP contribution in [0.3, 0.4) is 0 Å². The Morgan fingerprint density at radius 2 is 0.368 bits per heavy atom. The first kappa shape index (κ1) is 74.8. The van der Waals surface area contributed by atoms with Gasteiger partial charge in [0.15, 0.2) is 0 Å². The summed E-state index contributed by atoms with van der Waals surface area (Å²) in [6.45, 7) is 47.8. The van der Waals surface area contributed by atoms with E-state index >= 15 is 0 Å². The second-order valence-corrected chi connectivity index (χ2v) is 33.8. The number of ether oxygens (including phenoxy) is 5. The molecule has 0 spiro atoms. The van der Waals surface area contributed by atoms with E-state index in [1.165, 1.54) is 0 Å². The lowest BCUT2D eigenvalue weighted by atomic mass is 9.78. The number of esters is 5. The number of carbonyl (C=O) groups excluding carboxylic acids is 5. The second-order valence-electron chi connectivity index (χ2n) is 33.8. The Morgan fingerprint density at radius 3 is 0.494 bits per heavy atom. The molecule has 504 valence electrons. The third kappa shape index (κ3) is 20.8. The summed E-state index contributed by atoms with van der Waals surface area (Å²) in [7, 11) is 10.7. The lowest BCUT2D eigenvalue weighted by molar-refractivity contribution is -0.161. The summed E-state index contributed by atoms with van der Waals surface area (Å²) < 4.78 is 31.4. The molecule has 0 atom stereocenters. The lowest BCUT2D eigenvalue weighted by Gasteiger charge is -2.53. The molecular formula is C69H128N8O10. The number of hydrogen-bond donors (Lipinski definition) is 0. The summed E-state index contributed by atoms with van der Waals surface area (Å²) in [5.74, 6) is -1.32. The van der Waals surface area contributed by atoms with Gasteiger partial charge in [-0.05, 0) is 174 Å². The maximum Gasteiger partial charge on any atom is 0.307 e. The molecule has 0 aliphatic carbocycles. The zero-order valence-corrected chi connectivity index (χ0v) is 60.0. The van der Waals surface area contributed by atoms with Gasteiger partial charge in [-0.15, -0.1) is 0 Å². The normalized spacial score (nSPS) is 25.3. The predicted molar refractivity (Wildman–Crippen MR) is 348 cm³/mol. The minimum atomic E-state index is -0.265. The highest BCUT2D eigenvalue weighted by atomic mass is 16.6. The van der Waals surface area contributed by atoms with Gasteiger partial charge < -0.3 is 38.4 Å². The van der Waals surface area contributed by atoms with Crippen molar-refractivity contribution in [1.82, 2.24) is 39.2 Å². The zero-order chi connectivity index (χ0) is 65.9. The van der Waals surface area contributed by atoms with Crippen molar-refractivity contribution in [2.24, 2.45) is 0 Å². The van der Waals surface area contributed by atoms with Crippen LogP contribution in [0.25, 0.3) is 0 Å². The molecule has 0 aromatic rings. The molecule has 0 N–H and O–H groups in total. The summed E-state index contributed by atoms with van der Waals surface area (Å²) in [5.41, 5.74) is -1.56. The van der Waals surface area contributed by atoms with Crippen molar-refractivity contribution in [3.8, 4) is 0 Å². The predicted octanol–water partition coefficient (Wildman–Crippen LogP) is 9.82. The Labute approximate surface area is 529 Å². The van der Waals surface area contributed by atoms with E-state index in [4.69, 9.17) is 23.7 Å². The molecule has 0 saturated carbocycles. The molecule has 0 amide bonds. The fraction of sp³-hybridized carbons (Fsp3) is 0.928. The van der Waals surface area contributed by atoms with E-state index in [0.717, 1.165) is 64.2 Å². The third-order valence-electron chi connectivity index (χ3n) is 22.5. The fourth-order valence-electron chi connectivity index (χ4n) is 15.9. The van der Waals surface area contributed by atoms with Crippen molar-refractivity contribution in [1.29, 1.82) is 0 Å². The van der Waals surface area contributed by atoms with Gasteiger partial charge in [-0.2, -0.15) is 0 Å². The van der Waals surface area contributed by atoms with Crippen LogP contribution in [-0.2, 0) is 47.7 Å². The minimum Gasteiger partial charge on any atom is -0.462 e. The molecule has 5 heterocycles. The Morgan fingerprint density at radius 1 is 0.253 bits per heavy atom. The van der Waals surface area contributed by atoms with Gasteiger partial charge in [-0.3, -0.25) is 48.5 Å². The van der Waals surface area contributed by atoms with E-state index in [9.17, 15) is 24.0 Å². The summed E-state index contributed by atoms with van der Waals surface area (Å²) in [6.07, 6.45) is 6.91. The van der Waals surface area contributed by atoms with Crippen LogP contribution in [-0.4, -0.2) is 249 Å². The lowest BCUT2D eigenvalue weighted by Crippen LogP contribution is -2.60. The van der Waals surface area contributed by atoms with Crippen LogP contribution in [0.15, 0.2) is 0 Å². The van der Waals surface area contributed by atoms with Crippen molar-refractivity contribution in [3.05, 3.63) is 0 Å². The molecule has 5 aliphatic rings. The van der Waals surface area contributed by atoms with Crippen molar-refractivity contribution in [2.45, 2.75) is 321 Å². The topological polar surface area (TPSA) is 157 Å². The Hall–Kier alpha value is -2.97. The first-order chi connectivity index (χ1) is 39.6. The van der Waals surface area contributed by atoms with Gasteiger partial charge in [0.25, 0.3) is 0 Å². The largest absolute Gasteiger partial charge is 0.462 e. The minimum absolute atomic E-state index is 0.147. The van der Waals surface area contributed by atoms with E-state index < -0.39 is 0 Å². The zero-order valence-electron chi connectivity index (χ0n) is 60.0. The Bertz CT molecular complexity index is 1990. The summed E-state index contributed by atoms with van der Waals surface area (Å²) in [4.78, 5) is 88.1. The highest BCUT2D eigenvalue weighted by molar-refractivity contribution is 5.72. The maximum absolute atomic E-state index is 14.1. The van der Waals surface area contributed by atoms with Crippen LogP contribution in [0, 0.1) is 0 Å². The first-order valence-electron chi connectivity index (χ1n) is 33.4. The molecule has 0 aromatic carbocycles. The molecule has 0 bridgehead atoms. The van der Waals surface area contributed by atoms with Gasteiger partial charge in [-0.1, -0.05) is 0 Å². The SMILES string of the molecule is CN1C(C)(C)CC(OC(=O)CCN(CCC(=O)OC2CC(C)(C)N(C)C(C)(C)C2)CCN(CCC(=O)OC2CC(C)(C)N(C)C(C)(C)C2)CCN(CCC(=O)OC2CC(C)(C)N(C)C(C)(C)C2)CCC(=O)OC2CC(C)(C)N(C)C(C)(C)C2)CC1(C)C. The number of rotatable bonds is 26. The van der Waals surface area contributed by atoms with E-state index in [0.29, 0.717) is 58.9 Å². The highest BCUT2D eigenvalue weighted by Gasteiger charge is 2.49.